The molecule has 0 atom stereocenters. The van der Waals surface area contributed by atoms with Gasteiger partial charge in [0, 0.05) is 4.90 Å². The quantitative estimate of drug-likeness (QED) is 0.572. The summed E-state index contributed by atoms with van der Waals surface area (Å²) in [5.41, 5.74) is 0. The van der Waals surface area contributed by atoms with Crippen molar-refractivity contribution in [1.29, 1.82) is 0 Å². The van der Waals surface area contributed by atoms with Gasteiger partial charge in [-0.2, -0.15) is 0 Å². The highest BCUT2D eigenvalue weighted by molar-refractivity contribution is 7.98. The van der Waals surface area contributed by atoms with Gasteiger partial charge in [0.05, 0.1) is 0 Å². The maximum absolute atomic E-state index is 10.4. The summed E-state index contributed by atoms with van der Waals surface area (Å²) in [6, 6.07) is 7.50. The molecule has 0 heterocycles. The number of thioether (sulfide) groups is 1. The third-order valence-corrected chi connectivity index (χ3v) is 2.23. The number of hydrogen-bond donors (Lipinski definition) is 0. The van der Waals surface area contributed by atoms with Gasteiger partial charge in [0.15, 0.2) is 6.61 Å². The van der Waals surface area contributed by atoms with Gasteiger partial charge in [-0.05, 0) is 36.1 Å². The number of rotatable bonds is 4. The third-order valence-electron chi connectivity index (χ3n) is 1.39. The van der Waals surface area contributed by atoms with Gasteiger partial charge in [-0.15, -0.1) is 11.8 Å². The monoisotopic (exact) mass is 216 g/mol. The smallest absolute Gasteiger partial charge is 0.259 e. The summed E-state index contributed by atoms with van der Waals surface area (Å²) in [5.74, 6) is 0.667. The Morgan fingerprint density at radius 1 is 1.62 bits per heavy atom. The zero-order valence-electron chi connectivity index (χ0n) is 7.12. The lowest BCUT2D eigenvalue weighted by molar-refractivity contribution is -0.113. The fraction of sp³-hybridized carbons (Fsp3) is 0.222. The van der Waals surface area contributed by atoms with Gasteiger partial charge in [-0.1, -0.05) is 6.07 Å². The summed E-state index contributed by atoms with van der Waals surface area (Å²) >= 11 is 6.75. The van der Waals surface area contributed by atoms with Crippen molar-refractivity contribution in [3.63, 3.8) is 0 Å². The molecule has 0 saturated carbocycles. The van der Waals surface area contributed by atoms with E-state index in [9.17, 15) is 4.79 Å². The summed E-state index contributed by atoms with van der Waals surface area (Å²) in [6.45, 7) is -0.0839. The van der Waals surface area contributed by atoms with Crippen LogP contribution in [0.5, 0.6) is 5.75 Å². The molecule has 0 aliphatic rings. The van der Waals surface area contributed by atoms with Crippen molar-refractivity contribution < 1.29 is 9.53 Å². The Labute approximate surface area is 86.2 Å². The Kier molecular flexibility index (Phi) is 4.12. The molecule has 0 unspecified atom stereocenters. The fourth-order valence-electron chi connectivity index (χ4n) is 0.831. The molecular formula is C9H9ClO2S. The predicted octanol–water partition coefficient (Wildman–Crippen LogP) is 2.55. The molecule has 0 spiro atoms. The van der Waals surface area contributed by atoms with Crippen LogP contribution >= 0.6 is 23.4 Å². The maximum Gasteiger partial charge on any atom is 0.259 e. The molecule has 1 rings (SSSR count). The molecule has 0 radical (unpaired) electrons. The van der Waals surface area contributed by atoms with Gasteiger partial charge in [-0.3, -0.25) is 4.79 Å². The molecule has 0 aromatic heterocycles. The Morgan fingerprint density at radius 3 is 3.00 bits per heavy atom. The Hall–Kier alpha value is -0.670. The third kappa shape index (κ3) is 3.70. The van der Waals surface area contributed by atoms with Crippen LogP contribution in [-0.4, -0.2) is 18.1 Å². The first-order valence-electron chi connectivity index (χ1n) is 3.67. The molecule has 0 bridgehead atoms. The number of ether oxygens (including phenoxy) is 1. The van der Waals surface area contributed by atoms with Crippen LogP contribution in [0.1, 0.15) is 0 Å². The van der Waals surface area contributed by atoms with Gasteiger partial charge in [0.2, 0.25) is 0 Å². The standard InChI is InChI=1S/C9H9ClO2S/c1-13-8-4-2-3-7(5-8)12-6-9(10)11/h2-5H,6H2,1H3. The minimum atomic E-state index is -0.491. The maximum atomic E-state index is 10.4. The second-order valence-electron chi connectivity index (χ2n) is 2.32. The van der Waals surface area contributed by atoms with E-state index in [0.29, 0.717) is 5.75 Å². The molecule has 0 saturated heterocycles. The molecular weight excluding hydrogens is 208 g/mol. The van der Waals surface area contributed by atoms with Crippen molar-refractivity contribution in [3.8, 4) is 5.75 Å². The summed E-state index contributed by atoms with van der Waals surface area (Å²) in [6.07, 6.45) is 1.98. The zero-order valence-corrected chi connectivity index (χ0v) is 8.69. The lowest BCUT2D eigenvalue weighted by Gasteiger charge is -2.03. The van der Waals surface area contributed by atoms with Gasteiger partial charge in [0.25, 0.3) is 5.24 Å². The highest BCUT2D eigenvalue weighted by Crippen LogP contribution is 2.20. The van der Waals surface area contributed by atoms with Crippen molar-refractivity contribution in [1.82, 2.24) is 0 Å². The Bertz CT molecular complexity index is 301. The van der Waals surface area contributed by atoms with Crippen LogP contribution in [-0.2, 0) is 4.79 Å². The zero-order chi connectivity index (χ0) is 9.68. The summed E-state index contributed by atoms with van der Waals surface area (Å²) in [7, 11) is 0. The van der Waals surface area contributed by atoms with Gasteiger partial charge in [0.1, 0.15) is 5.75 Å². The minimum Gasteiger partial charge on any atom is -0.484 e. The van der Waals surface area contributed by atoms with Crippen molar-refractivity contribution in [2.24, 2.45) is 0 Å². The molecule has 0 aliphatic heterocycles. The number of halogens is 1. The number of benzene rings is 1. The van der Waals surface area contributed by atoms with E-state index < -0.39 is 5.24 Å². The first-order valence-corrected chi connectivity index (χ1v) is 5.28. The Balaban J connectivity index is 2.61. The summed E-state index contributed by atoms with van der Waals surface area (Å²) < 4.78 is 5.12. The van der Waals surface area contributed by atoms with E-state index in [2.05, 4.69) is 0 Å². The molecule has 4 heteroatoms. The Morgan fingerprint density at radius 2 is 2.38 bits per heavy atom. The van der Waals surface area contributed by atoms with Crippen molar-refractivity contribution in [2.45, 2.75) is 4.90 Å². The highest BCUT2D eigenvalue weighted by atomic mass is 35.5. The van der Waals surface area contributed by atoms with E-state index in [1.54, 1.807) is 17.8 Å². The summed E-state index contributed by atoms with van der Waals surface area (Å²) in [4.78, 5) is 11.5. The molecule has 0 amide bonds. The first kappa shape index (κ1) is 10.4. The average Bonchev–Trinajstić information content (AvgIpc) is 2.15. The second kappa shape index (κ2) is 5.14. The molecule has 2 nitrogen and oxygen atoms in total. The fourth-order valence-corrected chi connectivity index (χ4v) is 1.33. The number of carbonyl (C=O) groups excluding carboxylic acids is 1. The van der Waals surface area contributed by atoms with Crippen LogP contribution in [0.4, 0.5) is 0 Å². The number of hydrogen-bond acceptors (Lipinski definition) is 3. The molecule has 1 aromatic rings. The normalized spacial score (nSPS) is 9.69. The van der Waals surface area contributed by atoms with E-state index in [1.165, 1.54) is 0 Å². The number of carbonyl (C=O) groups is 1. The van der Waals surface area contributed by atoms with Crippen molar-refractivity contribution in [3.05, 3.63) is 24.3 Å². The van der Waals surface area contributed by atoms with E-state index in [0.717, 1.165) is 4.90 Å². The summed E-state index contributed by atoms with van der Waals surface area (Å²) in [5, 5.41) is -0.491. The molecule has 70 valence electrons. The molecule has 0 N–H and O–H groups in total. The van der Waals surface area contributed by atoms with E-state index in [4.69, 9.17) is 16.3 Å². The van der Waals surface area contributed by atoms with Gasteiger partial charge in [-0.25, -0.2) is 0 Å². The van der Waals surface area contributed by atoms with Crippen molar-refractivity contribution in [2.75, 3.05) is 12.9 Å². The molecule has 13 heavy (non-hydrogen) atoms. The predicted molar refractivity (Wildman–Crippen MR) is 54.6 cm³/mol. The van der Waals surface area contributed by atoms with Crippen LogP contribution in [0.25, 0.3) is 0 Å². The van der Waals surface area contributed by atoms with Crippen LogP contribution in [0.15, 0.2) is 29.2 Å². The highest BCUT2D eigenvalue weighted by Gasteiger charge is 1.98. The molecule has 1 aromatic carbocycles. The second-order valence-corrected chi connectivity index (χ2v) is 3.62. The van der Waals surface area contributed by atoms with Gasteiger partial charge < -0.3 is 4.74 Å². The first-order chi connectivity index (χ1) is 6.22. The van der Waals surface area contributed by atoms with Crippen LogP contribution in [0.2, 0.25) is 0 Å². The largest absolute Gasteiger partial charge is 0.484 e. The lowest BCUT2D eigenvalue weighted by Crippen LogP contribution is -2.04. The van der Waals surface area contributed by atoms with Crippen molar-refractivity contribution >= 4 is 28.6 Å². The van der Waals surface area contributed by atoms with E-state index >= 15 is 0 Å². The minimum absolute atomic E-state index is 0.0839. The van der Waals surface area contributed by atoms with E-state index in [1.807, 2.05) is 24.5 Å². The van der Waals surface area contributed by atoms with Crippen LogP contribution < -0.4 is 4.74 Å². The van der Waals surface area contributed by atoms with Gasteiger partial charge >= 0.3 is 0 Å². The van der Waals surface area contributed by atoms with Crippen LogP contribution in [0, 0.1) is 0 Å². The SMILES string of the molecule is CSc1cccc(OCC(=O)Cl)c1. The topological polar surface area (TPSA) is 26.3 Å². The lowest BCUT2D eigenvalue weighted by atomic mass is 10.3. The average molecular weight is 217 g/mol. The van der Waals surface area contributed by atoms with E-state index in [-0.39, 0.29) is 6.61 Å². The molecule has 0 aliphatic carbocycles. The van der Waals surface area contributed by atoms with Crippen LogP contribution in [0.3, 0.4) is 0 Å². The molecule has 0 fully saturated rings.